The minimum Gasteiger partial charge on any atom is -0.394 e. The Labute approximate surface area is 171 Å². The van der Waals surface area contributed by atoms with Crippen LogP contribution < -0.4 is 0 Å². The standard InChI is InChI=1S/C20H19N3O3S2/c24-11-15-9-17-16-3-1-2-4-18(16)21-19(17)10-22(15)20(27)28-12-13-5-7-14(8-6-13)23(25)26/h1-8,15,21,24H,9-12H2. The third-order valence-electron chi connectivity index (χ3n) is 5.07. The van der Waals surface area contributed by atoms with E-state index < -0.39 is 4.92 Å². The van der Waals surface area contributed by atoms with E-state index in [4.69, 9.17) is 12.2 Å². The lowest BCUT2D eigenvalue weighted by Gasteiger charge is -2.36. The lowest BCUT2D eigenvalue weighted by Crippen LogP contribution is -2.44. The maximum Gasteiger partial charge on any atom is 0.269 e. The number of para-hydroxylation sites is 1. The second-order valence-electron chi connectivity index (χ2n) is 6.77. The highest BCUT2D eigenvalue weighted by Crippen LogP contribution is 2.32. The highest BCUT2D eigenvalue weighted by atomic mass is 32.2. The highest BCUT2D eigenvalue weighted by Gasteiger charge is 2.30. The van der Waals surface area contributed by atoms with Crippen LogP contribution in [0.1, 0.15) is 16.8 Å². The molecule has 1 unspecified atom stereocenters. The Morgan fingerprint density at radius 3 is 2.75 bits per heavy atom. The number of hydrogen-bond acceptors (Lipinski definition) is 5. The van der Waals surface area contributed by atoms with Gasteiger partial charge in [0, 0.05) is 34.5 Å². The van der Waals surface area contributed by atoms with Crippen LogP contribution in [0, 0.1) is 10.1 Å². The first-order valence-electron chi connectivity index (χ1n) is 8.93. The minimum absolute atomic E-state index is 0.0389. The number of aliphatic hydroxyl groups is 1. The number of nitro groups is 1. The van der Waals surface area contributed by atoms with Crippen LogP contribution in [0.2, 0.25) is 0 Å². The number of non-ortho nitro benzene ring substituents is 1. The zero-order valence-corrected chi connectivity index (χ0v) is 16.6. The van der Waals surface area contributed by atoms with E-state index in [1.807, 2.05) is 12.1 Å². The molecule has 3 aromatic rings. The van der Waals surface area contributed by atoms with Gasteiger partial charge in [0.05, 0.1) is 24.1 Å². The maximum absolute atomic E-state index is 10.8. The van der Waals surface area contributed by atoms with Crippen LogP contribution in [0.4, 0.5) is 5.69 Å². The molecule has 2 N–H and O–H groups in total. The van der Waals surface area contributed by atoms with Crippen LogP contribution in [-0.4, -0.2) is 36.9 Å². The quantitative estimate of drug-likeness (QED) is 0.382. The number of aliphatic hydroxyl groups excluding tert-OH is 1. The molecule has 0 spiro atoms. The van der Waals surface area contributed by atoms with Crippen LogP contribution in [0.3, 0.4) is 0 Å². The normalized spacial score (nSPS) is 16.2. The molecule has 1 aliphatic rings. The van der Waals surface area contributed by atoms with Crippen molar-refractivity contribution in [2.24, 2.45) is 0 Å². The molecule has 8 heteroatoms. The van der Waals surface area contributed by atoms with E-state index in [1.165, 1.54) is 34.8 Å². The second-order valence-corrected chi connectivity index (χ2v) is 8.38. The van der Waals surface area contributed by atoms with E-state index in [0.29, 0.717) is 12.3 Å². The fraction of sp³-hybridized carbons (Fsp3) is 0.250. The summed E-state index contributed by atoms with van der Waals surface area (Å²) in [7, 11) is 0. The molecule has 0 saturated heterocycles. The van der Waals surface area contributed by atoms with Crippen LogP contribution in [0.15, 0.2) is 48.5 Å². The van der Waals surface area contributed by atoms with Gasteiger partial charge < -0.3 is 15.0 Å². The van der Waals surface area contributed by atoms with Gasteiger partial charge >= 0.3 is 0 Å². The number of hydrogen-bond donors (Lipinski definition) is 2. The minimum atomic E-state index is -0.404. The molecule has 0 bridgehead atoms. The van der Waals surface area contributed by atoms with Crippen molar-refractivity contribution in [3.63, 3.8) is 0 Å². The zero-order valence-electron chi connectivity index (χ0n) is 15.0. The molecule has 0 amide bonds. The zero-order chi connectivity index (χ0) is 19.7. The van der Waals surface area contributed by atoms with E-state index in [1.54, 1.807) is 12.1 Å². The number of nitrogens with zero attached hydrogens (tertiary/aromatic N) is 2. The van der Waals surface area contributed by atoms with Gasteiger partial charge in [-0.3, -0.25) is 10.1 Å². The number of aromatic amines is 1. The summed E-state index contributed by atoms with van der Waals surface area (Å²) in [6.07, 6.45) is 0.744. The Balaban J connectivity index is 1.48. The first-order valence-corrected chi connectivity index (χ1v) is 10.3. The number of fused-ring (bicyclic) bond motifs is 3. The Morgan fingerprint density at radius 1 is 1.29 bits per heavy atom. The SMILES string of the molecule is O=[N+]([O-])c1ccc(CSC(=S)N2Cc3[nH]c4ccccc4c3CC2CO)cc1. The number of aromatic nitrogens is 1. The molecule has 1 atom stereocenters. The summed E-state index contributed by atoms with van der Waals surface area (Å²) < 4.78 is 0.724. The van der Waals surface area contributed by atoms with Gasteiger partial charge in [-0.05, 0) is 23.6 Å². The molecule has 1 aromatic heterocycles. The summed E-state index contributed by atoms with van der Waals surface area (Å²) in [4.78, 5) is 15.9. The van der Waals surface area contributed by atoms with Gasteiger partial charge in [-0.15, -0.1) is 0 Å². The van der Waals surface area contributed by atoms with Crippen LogP contribution in [-0.2, 0) is 18.7 Å². The second kappa shape index (κ2) is 7.90. The molecule has 2 heterocycles. The van der Waals surface area contributed by atoms with Crippen molar-refractivity contribution >= 4 is 44.9 Å². The van der Waals surface area contributed by atoms with Crippen molar-refractivity contribution in [3.8, 4) is 0 Å². The van der Waals surface area contributed by atoms with Crippen molar-refractivity contribution in [1.29, 1.82) is 0 Å². The van der Waals surface area contributed by atoms with Gasteiger partial charge in [0.1, 0.15) is 4.32 Å². The molecule has 28 heavy (non-hydrogen) atoms. The number of nitrogens with one attached hydrogen (secondary N) is 1. The predicted octanol–water partition coefficient (Wildman–Crippen LogP) is 4.01. The van der Waals surface area contributed by atoms with Gasteiger partial charge in [0.25, 0.3) is 5.69 Å². The van der Waals surface area contributed by atoms with Gasteiger partial charge in [-0.2, -0.15) is 0 Å². The summed E-state index contributed by atoms with van der Waals surface area (Å²) in [5.74, 6) is 0.630. The molecule has 4 rings (SSSR count). The molecule has 2 aromatic carbocycles. The summed E-state index contributed by atoms with van der Waals surface area (Å²) in [5, 5.41) is 21.9. The maximum atomic E-state index is 10.8. The number of H-pyrrole nitrogens is 1. The molecule has 6 nitrogen and oxygen atoms in total. The van der Waals surface area contributed by atoms with Crippen LogP contribution in [0.25, 0.3) is 10.9 Å². The molecular formula is C20H19N3O3S2. The average molecular weight is 414 g/mol. The van der Waals surface area contributed by atoms with E-state index in [-0.39, 0.29) is 18.3 Å². The third-order valence-corrected chi connectivity index (χ3v) is 6.61. The van der Waals surface area contributed by atoms with E-state index in [0.717, 1.165) is 27.5 Å². The molecular weight excluding hydrogens is 394 g/mol. The van der Waals surface area contributed by atoms with Crippen molar-refractivity contribution in [1.82, 2.24) is 9.88 Å². The number of thiocarbonyl (C=S) groups is 1. The number of rotatable bonds is 4. The number of nitro benzene ring substituents is 1. The fourth-order valence-corrected chi connectivity index (χ4v) is 4.84. The summed E-state index contributed by atoms with van der Waals surface area (Å²) >= 11 is 7.16. The molecule has 0 aliphatic carbocycles. The molecule has 0 fully saturated rings. The summed E-state index contributed by atoms with van der Waals surface area (Å²) in [6.45, 7) is 0.679. The van der Waals surface area contributed by atoms with E-state index in [2.05, 4.69) is 22.0 Å². The monoisotopic (exact) mass is 413 g/mol. The number of thioether (sulfide) groups is 1. The third kappa shape index (κ3) is 3.63. The Hall–Kier alpha value is -2.42. The van der Waals surface area contributed by atoms with Gasteiger partial charge in [-0.1, -0.05) is 54.3 Å². The number of benzene rings is 2. The smallest absolute Gasteiger partial charge is 0.269 e. The van der Waals surface area contributed by atoms with Crippen LogP contribution >= 0.6 is 24.0 Å². The molecule has 0 radical (unpaired) electrons. The van der Waals surface area contributed by atoms with Gasteiger partial charge in [0.15, 0.2) is 0 Å². The molecule has 1 aliphatic heterocycles. The van der Waals surface area contributed by atoms with Crippen molar-refractivity contribution in [3.05, 3.63) is 75.5 Å². The Kier molecular flexibility index (Phi) is 5.34. The van der Waals surface area contributed by atoms with Crippen molar-refractivity contribution in [2.75, 3.05) is 6.61 Å². The van der Waals surface area contributed by atoms with Gasteiger partial charge in [-0.25, -0.2) is 0 Å². The summed E-state index contributed by atoms with van der Waals surface area (Å²) in [5.41, 5.74) is 4.56. The van der Waals surface area contributed by atoms with Crippen LogP contribution in [0.5, 0.6) is 0 Å². The van der Waals surface area contributed by atoms with Gasteiger partial charge in [0.2, 0.25) is 0 Å². The lowest BCUT2D eigenvalue weighted by molar-refractivity contribution is -0.384. The lowest BCUT2D eigenvalue weighted by atomic mass is 9.98. The predicted molar refractivity (Wildman–Crippen MR) is 115 cm³/mol. The first kappa shape index (κ1) is 18.9. The van der Waals surface area contributed by atoms with Crippen molar-refractivity contribution in [2.45, 2.75) is 24.8 Å². The average Bonchev–Trinajstić information content (AvgIpc) is 3.08. The topological polar surface area (TPSA) is 82.4 Å². The highest BCUT2D eigenvalue weighted by molar-refractivity contribution is 8.22. The molecule has 0 saturated carbocycles. The largest absolute Gasteiger partial charge is 0.394 e. The Bertz CT molecular complexity index is 1030. The van der Waals surface area contributed by atoms with Crippen molar-refractivity contribution < 1.29 is 10.0 Å². The van der Waals surface area contributed by atoms with E-state index >= 15 is 0 Å². The Morgan fingerprint density at radius 2 is 2.04 bits per heavy atom. The molecule has 144 valence electrons. The van der Waals surface area contributed by atoms with E-state index in [9.17, 15) is 15.2 Å². The first-order chi connectivity index (χ1) is 13.6. The fourth-order valence-electron chi connectivity index (χ4n) is 3.59. The summed E-state index contributed by atoms with van der Waals surface area (Å²) in [6, 6.07) is 14.7.